The van der Waals surface area contributed by atoms with Crippen molar-refractivity contribution in [3.05, 3.63) is 54.1 Å². The number of rotatable bonds is 1. The first-order chi connectivity index (χ1) is 10.8. The SMILES string of the molecule is CC(=O)[C@@H]1CCCN2c3ccccc3Oc3ccccc3[C@@H]12. The van der Waals surface area contributed by atoms with E-state index in [-0.39, 0.29) is 17.7 Å². The second-order valence-electron chi connectivity index (χ2n) is 6.11. The number of carbonyl (C=O) groups excluding carboxylic acids is 1. The molecule has 2 atom stereocenters. The van der Waals surface area contributed by atoms with Crippen molar-refractivity contribution >= 4 is 11.5 Å². The number of fused-ring (bicyclic) bond motifs is 5. The summed E-state index contributed by atoms with van der Waals surface area (Å²) in [6.45, 7) is 2.68. The molecule has 2 heterocycles. The van der Waals surface area contributed by atoms with Crippen molar-refractivity contribution in [2.75, 3.05) is 11.4 Å². The Morgan fingerprint density at radius 2 is 1.82 bits per heavy atom. The van der Waals surface area contributed by atoms with E-state index >= 15 is 0 Å². The molecule has 1 fully saturated rings. The zero-order valence-electron chi connectivity index (χ0n) is 12.7. The summed E-state index contributed by atoms with van der Waals surface area (Å²) < 4.78 is 6.17. The lowest BCUT2D eigenvalue weighted by molar-refractivity contribution is -0.122. The molecule has 2 aliphatic heterocycles. The van der Waals surface area contributed by atoms with Crippen LogP contribution < -0.4 is 9.64 Å². The molecule has 0 radical (unpaired) electrons. The molecular formula is C19H19NO2. The van der Waals surface area contributed by atoms with Crippen LogP contribution in [0.4, 0.5) is 5.69 Å². The highest BCUT2D eigenvalue weighted by Crippen LogP contribution is 2.49. The third-order valence-corrected chi connectivity index (χ3v) is 4.79. The molecule has 0 unspecified atom stereocenters. The van der Waals surface area contributed by atoms with Crippen LogP contribution in [0.3, 0.4) is 0 Å². The third kappa shape index (κ3) is 2.00. The zero-order valence-corrected chi connectivity index (χ0v) is 12.7. The molecule has 0 aromatic heterocycles. The Morgan fingerprint density at radius 3 is 2.64 bits per heavy atom. The first kappa shape index (κ1) is 13.4. The molecule has 2 aliphatic rings. The predicted molar refractivity (Wildman–Crippen MR) is 86.5 cm³/mol. The van der Waals surface area contributed by atoms with Gasteiger partial charge in [0, 0.05) is 18.0 Å². The number of para-hydroxylation sites is 3. The molecule has 1 saturated heterocycles. The number of hydrogen-bond donors (Lipinski definition) is 0. The number of nitrogens with zero attached hydrogens (tertiary/aromatic N) is 1. The highest BCUT2D eigenvalue weighted by Gasteiger charge is 2.39. The van der Waals surface area contributed by atoms with E-state index in [0.717, 1.165) is 42.1 Å². The Bertz CT molecular complexity index is 725. The van der Waals surface area contributed by atoms with Gasteiger partial charge in [0.05, 0.1) is 11.7 Å². The number of ether oxygens (including phenoxy) is 1. The molecule has 2 aromatic rings. The van der Waals surface area contributed by atoms with Crippen LogP contribution in [-0.2, 0) is 4.79 Å². The minimum Gasteiger partial charge on any atom is -0.455 e. The largest absolute Gasteiger partial charge is 0.455 e. The first-order valence-corrected chi connectivity index (χ1v) is 7.88. The first-order valence-electron chi connectivity index (χ1n) is 7.88. The minimum atomic E-state index is 0.0321. The second kappa shape index (κ2) is 5.16. The Morgan fingerprint density at radius 1 is 1.09 bits per heavy atom. The number of benzene rings is 2. The minimum absolute atomic E-state index is 0.0321. The molecule has 0 aliphatic carbocycles. The monoisotopic (exact) mass is 293 g/mol. The summed E-state index contributed by atoms with van der Waals surface area (Å²) >= 11 is 0. The maximum atomic E-state index is 12.2. The quantitative estimate of drug-likeness (QED) is 0.783. The molecule has 22 heavy (non-hydrogen) atoms. The Labute approximate surface area is 130 Å². The Kier molecular flexibility index (Phi) is 3.14. The van der Waals surface area contributed by atoms with Crippen LogP contribution in [-0.4, -0.2) is 12.3 Å². The standard InChI is InChI=1S/C19H19NO2/c1-13(21)14-8-6-12-20-16-9-3-5-11-18(16)22-17-10-4-2-7-15(17)19(14)20/h2-5,7,9-11,14,19H,6,8,12H2,1H3/t14-,19+/m0/s1. The lowest BCUT2D eigenvalue weighted by Crippen LogP contribution is -2.41. The molecule has 3 nitrogen and oxygen atoms in total. The third-order valence-electron chi connectivity index (χ3n) is 4.79. The summed E-state index contributed by atoms with van der Waals surface area (Å²) in [5, 5.41) is 0. The van der Waals surface area contributed by atoms with Gasteiger partial charge in [-0.05, 0) is 38.0 Å². The summed E-state index contributed by atoms with van der Waals surface area (Å²) in [6, 6.07) is 16.3. The van der Waals surface area contributed by atoms with Gasteiger partial charge in [-0.1, -0.05) is 30.3 Å². The molecule has 4 rings (SSSR count). The molecule has 0 bridgehead atoms. The van der Waals surface area contributed by atoms with Crippen LogP contribution in [0.2, 0.25) is 0 Å². The number of anilines is 1. The van der Waals surface area contributed by atoms with E-state index in [1.54, 1.807) is 6.92 Å². The van der Waals surface area contributed by atoms with Crippen LogP contribution >= 0.6 is 0 Å². The van der Waals surface area contributed by atoms with Gasteiger partial charge in [-0.2, -0.15) is 0 Å². The van der Waals surface area contributed by atoms with Gasteiger partial charge in [0.25, 0.3) is 0 Å². The molecule has 2 aromatic carbocycles. The van der Waals surface area contributed by atoms with Crippen LogP contribution in [0, 0.1) is 5.92 Å². The van der Waals surface area contributed by atoms with Gasteiger partial charge in [0.2, 0.25) is 0 Å². The van der Waals surface area contributed by atoms with E-state index in [1.807, 2.05) is 36.4 Å². The van der Waals surface area contributed by atoms with Crippen LogP contribution in [0.1, 0.15) is 31.4 Å². The molecule has 0 saturated carbocycles. The summed E-state index contributed by atoms with van der Waals surface area (Å²) in [5.74, 6) is 2.05. The van der Waals surface area contributed by atoms with Crippen molar-refractivity contribution in [3.63, 3.8) is 0 Å². The molecular weight excluding hydrogens is 274 g/mol. The normalized spacial score (nSPS) is 22.7. The highest BCUT2D eigenvalue weighted by atomic mass is 16.5. The second-order valence-corrected chi connectivity index (χ2v) is 6.11. The maximum absolute atomic E-state index is 12.2. The number of Topliss-reactive ketones (excluding diaryl/α,β-unsaturated/α-hetero) is 1. The van der Waals surface area contributed by atoms with Crippen LogP contribution in [0.25, 0.3) is 0 Å². The van der Waals surface area contributed by atoms with Crippen molar-refractivity contribution < 1.29 is 9.53 Å². The van der Waals surface area contributed by atoms with Gasteiger partial charge in [-0.15, -0.1) is 0 Å². The van der Waals surface area contributed by atoms with E-state index in [1.165, 1.54) is 0 Å². The average molecular weight is 293 g/mol. The number of ketones is 1. The fraction of sp³-hybridized carbons (Fsp3) is 0.316. The summed E-state index contributed by atoms with van der Waals surface area (Å²) in [4.78, 5) is 14.6. The summed E-state index contributed by atoms with van der Waals surface area (Å²) in [7, 11) is 0. The Balaban J connectivity index is 1.94. The van der Waals surface area contributed by atoms with Crippen molar-refractivity contribution in [1.29, 1.82) is 0 Å². The highest BCUT2D eigenvalue weighted by molar-refractivity contribution is 5.81. The van der Waals surface area contributed by atoms with E-state index in [0.29, 0.717) is 0 Å². The van der Waals surface area contributed by atoms with Crippen molar-refractivity contribution in [2.24, 2.45) is 5.92 Å². The number of hydrogen-bond acceptors (Lipinski definition) is 3. The smallest absolute Gasteiger partial charge is 0.150 e. The summed E-state index contributed by atoms with van der Waals surface area (Å²) in [5.41, 5.74) is 2.22. The van der Waals surface area contributed by atoms with E-state index in [4.69, 9.17) is 4.74 Å². The average Bonchev–Trinajstić information content (AvgIpc) is 2.69. The molecule has 0 spiro atoms. The molecule has 112 valence electrons. The van der Waals surface area contributed by atoms with Gasteiger partial charge in [-0.25, -0.2) is 0 Å². The molecule has 3 heteroatoms. The van der Waals surface area contributed by atoms with E-state index in [2.05, 4.69) is 17.0 Å². The summed E-state index contributed by atoms with van der Waals surface area (Å²) in [6.07, 6.45) is 1.99. The van der Waals surface area contributed by atoms with Crippen LogP contribution in [0.5, 0.6) is 11.5 Å². The van der Waals surface area contributed by atoms with Gasteiger partial charge in [0.1, 0.15) is 11.5 Å². The molecule has 0 amide bonds. The van der Waals surface area contributed by atoms with E-state index in [9.17, 15) is 4.79 Å². The van der Waals surface area contributed by atoms with Gasteiger partial charge in [-0.3, -0.25) is 4.79 Å². The maximum Gasteiger partial charge on any atom is 0.150 e. The fourth-order valence-corrected chi connectivity index (χ4v) is 3.79. The van der Waals surface area contributed by atoms with Crippen LogP contribution in [0.15, 0.2) is 48.5 Å². The van der Waals surface area contributed by atoms with Gasteiger partial charge < -0.3 is 9.64 Å². The van der Waals surface area contributed by atoms with Crippen molar-refractivity contribution in [2.45, 2.75) is 25.8 Å². The lowest BCUT2D eigenvalue weighted by atomic mass is 9.82. The fourth-order valence-electron chi connectivity index (χ4n) is 3.79. The predicted octanol–water partition coefficient (Wildman–Crippen LogP) is 4.34. The van der Waals surface area contributed by atoms with E-state index < -0.39 is 0 Å². The number of piperidine rings is 1. The lowest BCUT2D eigenvalue weighted by Gasteiger charge is -2.41. The topological polar surface area (TPSA) is 29.5 Å². The number of carbonyl (C=O) groups is 1. The van der Waals surface area contributed by atoms with Crippen molar-refractivity contribution in [3.8, 4) is 11.5 Å². The van der Waals surface area contributed by atoms with Gasteiger partial charge >= 0.3 is 0 Å². The Hall–Kier alpha value is -2.29. The zero-order chi connectivity index (χ0) is 15.1. The van der Waals surface area contributed by atoms with Crippen molar-refractivity contribution in [1.82, 2.24) is 0 Å². The van der Waals surface area contributed by atoms with Gasteiger partial charge in [0.15, 0.2) is 5.75 Å². The molecule has 0 N–H and O–H groups in total.